The largest absolute Gasteiger partial charge is 0.371 e. The topological polar surface area (TPSA) is 49.4 Å². The SMILES string of the molecule is CCCN1C(=O)CC(Nc2c(Cl)cc(F)cc2Br)C1=O. The summed E-state index contributed by atoms with van der Waals surface area (Å²) in [6.45, 7) is 2.31. The first-order valence-electron chi connectivity index (χ1n) is 6.19. The Labute approximate surface area is 129 Å². The molecule has 4 nitrogen and oxygen atoms in total. The van der Waals surface area contributed by atoms with Crippen LogP contribution in [0.5, 0.6) is 0 Å². The third-order valence-electron chi connectivity index (χ3n) is 3.02. The number of nitrogens with one attached hydrogen (secondary N) is 1. The molecule has 108 valence electrons. The lowest BCUT2D eigenvalue weighted by molar-refractivity contribution is -0.138. The first-order chi connectivity index (χ1) is 9.43. The van der Waals surface area contributed by atoms with Crippen LogP contribution in [0.4, 0.5) is 10.1 Å². The molecule has 2 rings (SSSR count). The van der Waals surface area contributed by atoms with Gasteiger partial charge in [-0.1, -0.05) is 18.5 Å². The van der Waals surface area contributed by atoms with Crippen LogP contribution in [0.15, 0.2) is 16.6 Å². The minimum absolute atomic E-state index is 0.0823. The van der Waals surface area contributed by atoms with Gasteiger partial charge in [0.25, 0.3) is 5.91 Å². The van der Waals surface area contributed by atoms with E-state index in [1.807, 2.05) is 6.92 Å². The third-order valence-corrected chi connectivity index (χ3v) is 3.94. The van der Waals surface area contributed by atoms with E-state index in [0.717, 1.165) is 6.07 Å². The summed E-state index contributed by atoms with van der Waals surface area (Å²) in [6.07, 6.45) is 0.796. The molecule has 20 heavy (non-hydrogen) atoms. The van der Waals surface area contributed by atoms with Crippen LogP contribution in [0.2, 0.25) is 5.02 Å². The smallest absolute Gasteiger partial charge is 0.252 e. The highest BCUT2D eigenvalue weighted by Gasteiger charge is 2.38. The minimum atomic E-state index is -0.659. The van der Waals surface area contributed by atoms with E-state index in [0.29, 0.717) is 23.1 Å². The van der Waals surface area contributed by atoms with Crippen LogP contribution in [-0.4, -0.2) is 29.3 Å². The summed E-state index contributed by atoms with van der Waals surface area (Å²) >= 11 is 9.14. The van der Waals surface area contributed by atoms with Gasteiger partial charge in [-0.25, -0.2) is 4.39 Å². The molecule has 1 N–H and O–H groups in total. The van der Waals surface area contributed by atoms with Gasteiger partial charge in [0, 0.05) is 11.0 Å². The Kier molecular flexibility index (Phi) is 4.65. The fourth-order valence-corrected chi connectivity index (χ4v) is 3.03. The molecule has 0 spiro atoms. The van der Waals surface area contributed by atoms with Gasteiger partial charge in [0.15, 0.2) is 0 Å². The maximum atomic E-state index is 13.2. The van der Waals surface area contributed by atoms with Crippen molar-refractivity contribution in [2.45, 2.75) is 25.8 Å². The van der Waals surface area contributed by atoms with Crippen molar-refractivity contribution in [1.29, 1.82) is 0 Å². The number of amides is 2. The molecule has 0 bridgehead atoms. The standard InChI is InChI=1S/C13H13BrClFN2O2/c1-2-3-18-11(19)6-10(13(18)20)17-12-8(14)4-7(16)5-9(12)15/h4-5,10,17H,2-3,6H2,1H3. The molecule has 7 heteroatoms. The Hall–Kier alpha value is -1.14. The summed E-state index contributed by atoms with van der Waals surface area (Å²) in [4.78, 5) is 25.1. The van der Waals surface area contributed by atoms with Gasteiger partial charge < -0.3 is 5.32 Å². The summed E-state index contributed by atoms with van der Waals surface area (Å²) in [5.41, 5.74) is 0.414. The number of likely N-dealkylation sites (tertiary alicyclic amines) is 1. The summed E-state index contributed by atoms with van der Waals surface area (Å²) in [7, 11) is 0. The second-order valence-electron chi connectivity index (χ2n) is 4.53. The zero-order valence-electron chi connectivity index (χ0n) is 10.8. The Morgan fingerprint density at radius 3 is 2.80 bits per heavy atom. The molecule has 0 aliphatic carbocycles. The van der Waals surface area contributed by atoms with Crippen LogP contribution >= 0.6 is 27.5 Å². The number of halogens is 3. The number of rotatable bonds is 4. The van der Waals surface area contributed by atoms with Crippen LogP contribution in [-0.2, 0) is 9.59 Å². The highest BCUT2D eigenvalue weighted by atomic mass is 79.9. The molecule has 1 aliphatic rings. The number of imide groups is 1. The van der Waals surface area contributed by atoms with E-state index >= 15 is 0 Å². The normalized spacial score (nSPS) is 18.8. The zero-order chi connectivity index (χ0) is 14.9. The van der Waals surface area contributed by atoms with Gasteiger partial charge in [-0.2, -0.15) is 0 Å². The number of nitrogens with zero attached hydrogens (tertiary/aromatic N) is 1. The lowest BCUT2D eigenvalue weighted by atomic mass is 10.2. The Bertz CT molecular complexity index is 544. The van der Waals surface area contributed by atoms with Gasteiger partial charge in [0.2, 0.25) is 5.91 Å². The molecule has 1 saturated heterocycles. The molecule has 2 amide bonds. The number of benzene rings is 1. The van der Waals surface area contributed by atoms with Crippen LogP contribution in [0, 0.1) is 5.82 Å². The summed E-state index contributed by atoms with van der Waals surface area (Å²) in [5, 5.41) is 3.07. The van der Waals surface area contributed by atoms with E-state index in [9.17, 15) is 14.0 Å². The van der Waals surface area contributed by atoms with E-state index < -0.39 is 11.9 Å². The summed E-state index contributed by atoms with van der Waals surface area (Å²) in [5.74, 6) is -0.957. The molecule has 0 radical (unpaired) electrons. The second kappa shape index (κ2) is 6.10. The molecule has 1 atom stereocenters. The van der Waals surface area contributed by atoms with E-state index in [2.05, 4.69) is 21.2 Å². The van der Waals surface area contributed by atoms with Crippen molar-refractivity contribution in [1.82, 2.24) is 4.90 Å². The lowest BCUT2D eigenvalue weighted by Crippen LogP contribution is -2.35. The van der Waals surface area contributed by atoms with E-state index in [1.54, 1.807) is 0 Å². The van der Waals surface area contributed by atoms with Crippen molar-refractivity contribution in [3.63, 3.8) is 0 Å². The monoisotopic (exact) mass is 362 g/mol. The van der Waals surface area contributed by atoms with Crippen LogP contribution in [0.3, 0.4) is 0 Å². The number of anilines is 1. The fourth-order valence-electron chi connectivity index (χ4n) is 2.11. The molecule has 1 heterocycles. The van der Waals surface area contributed by atoms with Crippen molar-refractivity contribution < 1.29 is 14.0 Å². The van der Waals surface area contributed by atoms with Gasteiger partial charge in [0.05, 0.1) is 17.1 Å². The average molecular weight is 364 g/mol. The molecule has 1 aromatic carbocycles. The number of carbonyl (C=O) groups excluding carboxylic acids is 2. The van der Waals surface area contributed by atoms with Crippen molar-refractivity contribution in [3.05, 3.63) is 27.4 Å². The van der Waals surface area contributed by atoms with Crippen molar-refractivity contribution in [2.24, 2.45) is 0 Å². The second-order valence-corrected chi connectivity index (χ2v) is 5.79. The highest BCUT2D eigenvalue weighted by Crippen LogP contribution is 2.33. The van der Waals surface area contributed by atoms with E-state index in [-0.39, 0.29) is 23.3 Å². The molecular weight excluding hydrogens is 351 g/mol. The summed E-state index contributed by atoms with van der Waals surface area (Å²) in [6, 6.07) is 1.74. The van der Waals surface area contributed by atoms with Crippen molar-refractivity contribution in [2.75, 3.05) is 11.9 Å². The number of carbonyl (C=O) groups is 2. The predicted molar refractivity (Wildman–Crippen MR) is 78.1 cm³/mol. The molecule has 0 aromatic heterocycles. The highest BCUT2D eigenvalue weighted by molar-refractivity contribution is 9.10. The maximum absolute atomic E-state index is 13.2. The number of hydrogen-bond donors (Lipinski definition) is 1. The van der Waals surface area contributed by atoms with Gasteiger partial charge in [-0.3, -0.25) is 14.5 Å². The van der Waals surface area contributed by atoms with Crippen LogP contribution < -0.4 is 5.32 Å². The van der Waals surface area contributed by atoms with E-state index in [1.165, 1.54) is 11.0 Å². The predicted octanol–water partition coefficient (Wildman–Crippen LogP) is 3.19. The van der Waals surface area contributed by atoms with Gasteiger partial charge in [-0.15, -0.1) is 0 Å². The first-order valence-corrected chi connectivity index (χ1v) is 7.36. The lowest BCUT2D eigenvalue weighted by Gasteiger charge is -2.16. The molecule has 1 fully saturated rings. The molecule has 1 aliphatic heterocycles. The van der Waals surface area contributed by atoms with E-state index in [4.69, 9.17) is 11.6 Å². The zero-order valence-corrected chi connectivity index (χ0v) is 13.1. The maximum Gasteiger partial charge on any atom is 0.252 e. The molecule has 1 aromatic rings. The van der Waals surface area contributed by atoms with Crippen LogP contribution in [0.25, 0.3) is 0 Å². The van der Waals surface area contributed by atoms with Crippen molar-refractivity contribution in [3.8, 4) is 0 Å². The Morgan fingerprint density at radius 1 is 1.50 bits per heavy atom. The third kappa shape index (κ3) is 2.96. The Balaban J connectivity index is 2.20. The number of hydrogen-bond acceptors (Lipinski definition) is 3. The minimum Gasteiger partial charge on any atom is -0.371 e. The Morgan fingerprint density at radius 2 is 2.20 bits per heavy atom. The van der Waals surface area contributed by atoms with Gasteiger partial charge in [0.1, 0.15) is 11.9 Å². The quantitative estimate of drug-likeness (QED) is 0.836. The first kappa shape index (κ1) is 15.3. The van der Waals surface area contributed by atoms with Crippen molar-refractivity contribution >= 4 is 45.0 Å². The average Bonchev–Trinajstić information content (AvgIpc) is 2.62. The summed E-state index contributed by atoms with van der Waals surface area (Å²) < 4.78 is 13.6. The molecular formula is C13H13BrClFN2O2. The van der Waals surface area contributed by atoms with Crippen LogP contribution in [0.1, 0.15) is 19.8 Å². The van der Waals surface area contributed by atoms with Gasteiger partial charge in [-0.05, 0) is 34.5 Å². The molecule has 1 unspecified atom stereocenters. The fraction of sp³-hybridized carbons (Fsp3) is 0.385. The molecule has 0 saturated carbocycles. The van der Waals surface area contributed by atoms with Gasteiger partial charge >= 0.3 is 0 Å².